The third kappa shape index (κ3) is 4.61. The number of nitrogens with two attached hydrogens (primary N) is 1. The van der Waals surface area contributed by atoms with Gasteiger partial charge in [0.05, 0.1) is 18.1 Å². The SMILES string of the molecule is CCC(CC)N(Cc1cnc(N)cn1)CC(C)C. The van der Waals surface area contributed by atoms with Gasteiger partial charge in [-0.1, -0.05) is 27.7 Å². The lowest BCUT2D eigenvalue weighted by Crippen LogP contribution is -2.37. The first kappa shape index (κ1) is 14.9. The second kappa shape index (κ2) is 7.31. The molecule has 0 bridgehead atoms. The monoisotopic (exact) mass is 250 g/mol. The largest absolute Gasteiger partial charge is 0.382 e. The van der Waals surface area contributed by atoms with Crippen molar-refractivity contribution in [3.63, 3.8) is 0 Å². The van der Waals surface area contributed by atoms with Crippen LogP contribution in [0.25, 0.3) is 0 Å². The molecule has 4 nitrogen and oxygen atoms in total. The molecular weight excluding hydrogens is 224 g/mol. The fourth-order valence-corrected chi connectivity index (χ4v) is 2.27. The minimum atomic E-state index is 0.483. The number of rotatable bonds is 7. The van der Waals surface area contributed by atoms with Crippen molar-refractivity contribution in [1.82, 2.24) is 14.9 Å². The molecule has 0 saturated carbocycles. The predicted octanol–water partition coefficient (Wildman–Crippen LogP) is 2.71. The van der Waals surface area contributed by atoms with E-state index < -0.39 is 0 Å². The number of hydrogen-bond acceptors (Lipinski definition) is 4. The topological polar surface area (TPSA) is 55.0 Å². The molecule has 1 heterocycles. The van der Waals surface area contributed by atoms with Gasteiger partial charge < -0.3 is 5.73 Å². The number of aromatic nitrogens is 2. The van der Waals surface area contributed by atoms with Crippen LogP contribution in [0.2, 0.25) is 0 Å². The summed E-state index contributed by atoms with van der Waals surface area (Å²) in [6.45, 7) is 11.0. The summed E-state index contributed by atoms with van der Waals surface area (Å²) in [5.74, 6) is 1.14. The van der Waals surface area contributed by atoms with Crippen LogP contribution in [0.15, 0.2) is 12.4 Å². The fraction of sp³-hybridized carbons (Fsp3) is 0.714. The number of anilines is 1. The van der Waals surface area contributed by atoms with Gasteiger partial charge in [-0.25, -0.2) is 4.98 Å². The maximum absolute atomic E-state index is 5.56. The quantitative estimate of drug-likeness (QED) is 0.808. The van der Waals surface area contributed by atoms with Gasteiger partial charge in [-0.3, -0.25) is 9.88 Å². The maximum Gasteiger partial charge on any atom is 0.141 e. The van der Waals surface area contributed by atoms with Crippen LogP contribution in [0.4, 0.5) is 5.82 Å². The maximum atomic E-state index is 5.56. The van der Waals surface area contributed by atoms with Crippen molar-refractivity contribution in [2.24, 2.45) is 5.92 Å². The standard InChI is InChI=1S/C14H26N4/c1-5-13(6-2)18(9-11(3)4)10-12-7-17-14(15)8-16-12/h7-8,11,13H,5-6,9-10H2,1-4H3,(H2,15,17). The van der Waals surface area contributed by atoms with E-state index in [4.69, 9.17) is 5.73 Å². The Kier molecular flexibility index (Phi) is 6.05. The molecule has 1 aromatic rings. The Bertz CT molecular complexity index is 330. The van der Waals surface area contributed by atoms with Gasteiger partial charge >= 0.3 is 0 Å². The van der Waals surface area contributed by atoms with Gasteiger partial charge in [0.15, 0.2) is 0 Å². The summed E-state index contributed by atoms with van der Waals surface area (Å²) in [6.07, 6.45) is 5.76. The zero-order valence-electron chi connectivity index (χ0n) is 12.1. The highest BCUT2D eigenvalue weighted by Gasteiger charge is 2.17. The second-order valence-corrected chi connectivity index (χ2v) is 5.23. The van der Waals surface area contributed by atoms with E-state index in [0.29, 0.717) is 17.8 Å². The average Bonchev–Trinajstić information content (AvgIpc) is 2.33. The molecule has 0 unspecified atom stereocenters. The highest BCUT2D eigenvalue weighted by molar-refractivity contribution is 5.22. The zero-order chi connectivity index (χ0) is 13.5. The molecule has 0 radical (unpaired) electrons. The molecule has 4 heteroatoms. The first-order valence-electron chi connectivity index (χ1n) is 6.87. The summed E-state index contributed by atoms with van der Waals surface area (Å²) in [7, 11) is 0. The molecule has 2 N–H and O–H groups in total. The molecule has 0 aliphatic heterocycles. The predicted molar refractivity (Wildman–Crippen MR) is 76.1 cm³/mol. The Morgan fingerprint density at radius 3 is 2.28 bits per heavy atom. The van der Waals surface area contributed by atoms with Crippen molar-refractivity contribution in [3.8, 4) is 0 Å². The zero-order valence-corrected chi connectivity index (χ0v) is 12.1. The van der Waals surface area contributed by atoms with Crippen molar-refractivity contribution >= 4 is 5.82 Å². The van der Waals surface area contributed by atoms with Crippen molar-refractivity contribution in [3.05, 3.63) is 18.1 Å². The highest BCUT2D eigenvalue weighted by Crippen LogP contribution is 2.14. The van der Waals surface area contributed by atoms with Crippen LogP contribution in [0.5, 0.6) is 0 Å². The van der Waals surface area contributed by atoms with Crippen LogP contribution in [-0.4, -0.2) is 27.5 Å². The first-order valence-corrected chi connectivity index (χ1v) is 6.87. The summed E-state index contributed by atoms with van der Waals surface area (Å²) >= 11 is 0. The van der Waals surface area contributed by atoms with E-state index in [0.717, 1.165) is 18.8 Å². The molecule has 102 valence electrons. The van der Waals surface area contributed by atoms with E-state index in [1.807, 2.05) is 0 Å². The summed E-state index contributed by atoms with van der Waals surface area (Å²) in [6, 6.07) is 0.617. The smallest absolute Gasteiger partial charge is 0.141 e. The van der Waals surface area contributed by atoms with Gasteiger partial charge in [-0.05, 0) is 18.8 Å². The minimum absolute atomic E-state index is 0.483. The second-order valence-electron chi connectivity index (χ2n) is 5.23. The lowest BCUT2D eigenvalue weighted by molar-refractivity contribution is 0.155. The summed E-state index contributed by atoms with van der Waals surface area (Å²) in [5.41, 5.74) is 6.56. The molecule has 0 spiro atoms. The Hall–Kier alpha value is -1.16. The van der Waals surface area contributed by atoms with Gasteiger partial charge in [-0.15, -0.1) is 0 Å². The van der Waals surface area contributed by atoms with E-state index in [1.165, 1.54) is 12.8 Å². The van der Waals surface area contributed by atoms with Crippen LogP contribution >= 0.6 is 0 Å². The van der Waals surface area contributed by atoms with Crippen molar-refractivity contribution in [2.45, 2.75) is 53.1 Å². The first-order chi connectivity index (χ1) is 8.56. The molecule has 0 atom stereocenters. The van der Waals surface area contributed by atoms with Gasteiger partial charge in [-0.2, -0.15) is 0 Å². The molecular formula is C14H26N4. The molecule has 0 amide bonds. The van der Waals surface area contributed by atoms with Crippen molar-refractivity contribution < 1.29 is 0 Å². The van der Waals surface area contributed by atoms with Crippen molar-refractivity contribution in [1.29, 1.82) is 0 Å². The highest BCUT2D eigenvalue weighted by atomic mass is 15.2. The van der Waals surface area contributed by atoms with Crippen LogP contribution in [0.3, 0.4) is 0 Å². The summed E-state index contributed by atoms with van der Waals surface area (Å²) in [4.78, 5) is 11.0. The van der Waals surface area contributed by atoms with E-state index >= 15 is 0 Å². The average molecular weight is 250 g/mol. The Balaban J connectivity index is 2.73. The van der Waals surface area contributed by atoms with Crippen LogP contribution < -0.4 is 5.73 Å². The van der Waals surface area contributed by atoms with Crippen LogP contribution in [0, 0.1) is 5.92 Å². The number of nitrogens with zero attached hydrogens (tertiary/aromatic N) is 3. The third-order valence-electron chi connectivity index (χ3n) is 3.15. The lowest BCUT2D eigenvalue weighted by atomic mass is 10.1. The number of nitrogen functional groups attached to an aromatic ring is 1. The Labute approximate surface area is 111 Å². The number of hydrogen-bond donors (Lipinski definition) is 1. The Morgan fingerprint density at radius 1 is 1.17 bits per heavy atom. The van der Waals surface area contributed by atoms with Gasteiger partial charge in [0.2, 0.25) is 0 Å². The molecule has 1 aromatic heterocycles. The molecule has 1 rings (SSSR count). The van der Waals surface area contributed by atoms with Gasteiger partial charge in [0, 0.05) is 19.1 Å². The van der Waals surface area contributed by atoms with Gasteiger partial charge in [0.25, 0.3) is 0 Å². The van der Waals surface area contributed by atoms with Crippen LogP contribution in [-0.2, 0) is 6.54 Å². The van der Waals surface area contributed by atoms with Crippen LogP contribution in [0.1, 0.15) is 46.2 Å². The third-order valence-corrected chi connectivity index (χ3v) is 3.15. The van der Waals surface area contributed by atoms with Gasteiger partial charge in [0.1, 0.15) is 5.82 Å². The van der Waals surface area contributed by atoms with E-state index in [9.17, 15) is 0 Å². The molecule has 0 aliphatic rings. The lowest BCUT2D eigenvalue weighted by Gasteiger charge is -2.31. The summed E-state index contributed by atoms with van der Waals surface area (Å²) in [5, 5.41) is 0. The van der Waals surface area contributed by atoms with E-state index in [2.05, 4.69) is 42.6 Å². The fourth-order valence-electron chi connectivity index (χ4n) is 2.27. The molecule has 0 aliphatic carbocycles. The minimum Gasteiger partial charge on any atom is -0.382 e. The normalized spacial score (nSPS) is 11.7. The van der Waals surface area contributed by atoms with E-state index in [1.54, 1.807) is 12.4 Å². The molecule has 18 heavy (non-hydrogen) atoms. The van der Waals surface area contributed by atoms with E-state index in [-0.39, 0.29) is 0 Å². The molecule has 0 aromatic carbocycles. The molecule has 0 saturated heterocycles. The Morgan fingerprint density at radius 2 is 1.83 bits per heavy atom. The summed E-state index contributed by atoms with van der Waals surface area (Å²) < 4.78 is 0. The van der Waals surface area contributed by atoms with Crippen molar-refractivity contribution in [2.75, 3.05) is 12.3 Å². The molecule has 0 fully saturated rings.